The Morgan fingerprint density at radius 3 is 2.59 bits per heavy atom. The average Bonchev–Trinajstić information content (AvgIpc) is 3.02. The number of cyclic esters (lactones) is 1. The number of carbonyl (C=O) groups is 2. The third kappa shape index (κ3) is 5.48. The topological polar surface area (TPSA) is 74.2 Å². The molecule has 1 aliphatic heterocycles. The van der Waals surface area contributed by atoms with Gasteiger partial charge in [0.05, 0.1) is 24.3 Å². The van der Waals surface area contributed by atoms with Crippen molar-refractivity contribution in [2.24, 2.45) is 4.99 Å². The van der Waals surface area contributed by atoms with Gasteiger partial charge in [0, 0.05) is 0 Å². The van der Waals surface area contributed by atoms with Gasteiger partial charge in [0.1, 0.15) is 5.75 Å². The summed E-state index contributed by atoms with van der Waals surface area (Å²) in [4.78, 5) is 28.0. The number of rotatable bonds is 6. The molecular weight excluding hydrogens is 623 g/mol. The number of hydrogen-bond donors (Lipinski definition) is 0. The first-order valence-electron chi connectivity index (χ1n) is 8.44. The number of esters is 2. The molecule has 0 radical (unpaired) electrons. The second-order valence-corrected chi connectivity index (χ2v) is 8.45. The molecule has 1 heterocycles. The lowest BCUT2D eigenvalue weighted by Gasteiger charge is -2.11. The Kier molecular flexibility index (Phi) is 7.52. The van der Waals surface area contributed by atoms with Crippen LogP contribution in [-0.4, -0.2) is 31.1 Å². The van der Waals surface area contributed by atoms with Crippen LogP contribution < -0.4 is 4.74 Å². The molecule has 3 rings (SSSR count). The van der Waals surface area contributed by atoms with Crippen molar-refractivity contribution in [3.8, 4) is 5.75 Å². The van der Waals surface area contributed by atoms with Gasteiger partial charge in [-0.25, -0.2) is 14.6 Å². The molecule has 6 nitrogen and oxygen atoms in total. The molecule has 2 aromatic carbocycles. The van der Waals surface area contributed by atoms with Crippen LogP contribution in [0.15, 0.2) is 47.1 Å². The summed E-state index contributed by atoms with van der Waals surface area (Å²) in [6, 6.07) is 10.7. The zero-order valence-electron chi connectivity index (χ0n) is 15.1. The summed E-state index contributed by atoms with van der Waals surface area (Å²) in [6.07, 6.45) is 1.63. The number of ether oxygens (including phenoxy) is 3. The van der Waals surface area contributed by atoms with Crippen LogP contribution in [0.5, 0.6) is 5.75 Å². The molecule has 0 unspecified atom stereocenters. The van der Waals surface area contributed by atoms with E-state index in [9.17, 15) is 9.59 Å². The monoisotopic (exact) mass is 637 g/mol. The molecule has 0 fully saturated rings. The summed E-state index contributed by atoms with van der Waals surface area (Å²) in [6.45, 7) is 1.87. The van der Waals surface area contributed by atoms with Crippen molar-refractivity contribution in [1.82, 2.24) is 0 Å². The molecule has 0 saturated carbocycles. The first-order valence-corrected chi connectivity index (χ1v) is 11.0. The summed E-state index contributed by atoms with van der Waals surface area (Å²) >= 11 is 10.4. The van der Waals surface area contributed by atoms with E-state index in [1.807, 2.05) is 12.1 Å². The van der Waals surface area contributed by atoms with E-state index >= 15 is 0 Å². The lowest BCUT2D eigenvalue weighted by molar-refractivity contribution is -0.145. The van der Waals surface area contributed by atoms with E-state index in [0.29, 0.717) is 22.9 Å². The molecule has 0 aliphatic carbocycles. The minimum absolute atomic E-state index is 0.169. The van der Waals surface area contributed by atoms with Crippen LogP contribution in [0.3, 0.4) is 0 Å². The molecule has 0 bridgehead atoms. The molecule has 0 N–H and O–H groups in total. The van der Waals surface area contributed by atoms with Crippen LogP contribution in [0, 0.1) is 7.14 Å². The normalized spacial score (nSPS) is 14.6. The van der Waals surface area contributed by atoms with Gasteiger partial charge in [-0.1, -0.05) is 23.7 Å². The van der Waals surface area contributed by atoms with E-state index in [4.69, 9.17) is 25.8 Å². The van der Waals surface area contributed by atoms with Crippen LogP contribution >= 0.6 is 56.8 Å². The van der Waals surface area contributed by atoms with Gasteiger partial charge >= 0.3 is 11.9 Å². The highest BCUT2D eigenvalue weighted by Gasteiger charge is 2.25. The minimum atomic E-state index is -0.549. The molecule has 0 spiro atoms. The van der Waals surface area contributed by atoms with Crippen molar-refractivity contribution in [3.05, 3.63) is 65.4 Å². The molecule has 0 amide bonds. The molecule has 150 valence electrons. The highest BCUT2D eigenvalue weighted by Crippen LogP contribution is 2.31. The molecule has 0 atom stereocenters. The number of nitrogens with zero attached hydrogens (tertiary/aromatic N) is 1. The largest absolute Gasteiger partial charge is 0.480 e. The summed E-state index contributed by atoms with van der Waals surface area (Å²) in [5.74, 6) is -0.227. The van der Waals surface area contributed by atoms with E-state index < -0.39 is 11.9 Å². The van der Waals surface area contributed by atoms with Crippen molar-refractivity contribution in [3.63, 3.8) is 0 Å². The molecule has 0 aromatic heterocycles. The standard InChI is InChI=1S/C20H14ClI2NO5/c1-2-27-17(25)10-28-18-14(22)7-11(8-15(18)23)9-16-20(26)29-19(24-16)12-5-3-4-6-13(12)21/h3-9H,2,10H2,1H3/b16-9-. The van der Waals surface area contributed by atoms with E-state index in [0.717, 1.165) is 12.7 Å². The average molecular weight is 638 g/mol. The predicted octanol–water partition coefficient (Wildman–Crippen LogP) is 4.84. The molecule has 29 heavy (non-hydrogen) atoms. The fraction of sp³-hybridized carbons (Fsp3) is 0.150. The lowest BCUT2D eigenvalue weighted by atomic mass is 10.2. The Balaban J connectivity index is 1.84. The highest BCUT2D eigenvalue weighted by atomic mass is 127. The van der Waals surface area contributed by atoms with E-state index in [2.05, 4.69) is 50.2 Å². The smallest absolute Gasteiger partial charge is 0.363 e. The maximum Gasteiger partial charge on any atom is 0.363 e. The summed E-state index contributed by atoms with van der Waals surface area (Å²) in [7, 11) is 0. The summed E-state index contributed by atoms with van der Waals surface area (Å²) < 4.78 is 17.3. The van der Waals surface area contributed by atoms with Crippen LogP contribution in [0.1, 0.15) is 18.1 Å². The van der Waals surface area contributed by atoms with Crippen molar-refractivity contribution in [2.75, 3.05) is 13.2 Å². The van der Waals surface area contributed by atoms with Crippen molar-refractivity contribution >= 4 is 80.7 Å². The fourth-order valence-corrected chi connectivity index (χ4v) is 4.80. The maximum atomic E-state index is 12.2. The fourth-order valence-electron chi connectivity index (χ4n) is 2.45. The molecule has 9 heteroatoms. The Morgan fingerprint density at radius 1 is 1.24 bits per heavy atom. The van der Waals surface area contributed by atoms with Crippen LogP contribution in [-0.2, 0) is 19.1 Å². The minimum Gasteiger partial charge on any atom is -0.480 e. The second kappa shape index (κ2) is 9.90. The second-order valence-electron chi connectivity index (χ2n) is 5.72. The highest BCUT2D eigenvalue weighted by molar-refractivity contribution is 14.1. The van der Waals surface area contributed by atoms with Crippen LogP contribution in [0.25, 0.3) is 6.08 Å². The number of halogens is 3. The van der Waals surface area contributed by atoms with E-state index in [1.54, 1.807) is 37.3 Å². The molecule has 2 aromatic rings. The quantitative estimate of drug-likeness (QED) is 0.258. The first kappa shape index (κ1) is 22.0. The zero-order valence-corrected chi connectivity index (χ0v) is 20.1. The maximum absolute atomic E-state index is 12.2. The summed E-state index contributed by atoms with van der Waals surface area (Å²) in [5, 5.41) is 0.451. The third-order valence-corrected chi connectivity index (χ3v) is 5.62. The number of aliphatic imine (C=N–C) groups is 1. The van der Waals surface area contributed by atoms with Gasteiger partial charge < -0.3 is 14.2 Å². The first-order chi connectivity index (χ1) is 13.9. The Labute approximate surface area is 199 Å². The Bertz CT molecular complexity index is 1010. The number of hydrogen-bond acceptors (Lipinski definition) is 6. The number of benzene rings is 2. The SMILES string of the molecule is CCOC(=O)COc1c(I)cc(/C=C2\N=C(c3ccccc3Cl)OC2=O)cc1I. The molecule has 0 saturated heterocycles. The van der Waals surface area contributed by atoms with Gasteiger partial charge in [0.2, 0.25) is 5.90 Å². The van der Waals surface area contributed by atoms with Crippen LogP contribution in [0.2, 0.25) is 5.02 Å². The van der Waals surface area contributed by atoms with Crippen molar-refractivity contribution < 1.29 is 23.8 Å². The van der Waals surface area contributed by atoms with Gasteiger partial charge in [-0.2, -0.15) is 0 Å². The van der Waals surface area contributed by atoms with Crippen molar-refractivity contribution in [2.45, 2.75) is 6.92 Å². The predicted molar refractivity (Wildman–Crippen MR) is 126 cm³/mol. The summed E-state index contributed by atoms with van der Waals surface area (Å²) in [5.41, 5.74) is 1.47. The van der Waals surface area contributed by atoms with Gasteiger partial charge in [-0.3, -0.25) is 0 Å². The van der Waals surface area contributed by atoms with E-state index in [-0.39, 0.29) is 18.2 Å². The number of carbonyl (C=O) groups excluding carboxylic acids is 2. The van der Waals surface area contributed by atoms with Crippen molar-refractivity contribution in [1.29, 1.82) is 0 Å². The Hall–Kier alpha value is -1.66. The van der Waals surface area contributed by atoms with Gasteiger partial charge in [0.15, 0.2) is 12.3 Å². The van der Waals surface area contributed by atoms with Gasteiger partial charge in [0.25, 0.3) is 0 Å². The molecule has 1 aliphatic rings. The van der Waals surface area contributed by atoms with Gasteiger partial charge in [-0.05, 0) is 88.0 Å². The lowest BCUT2D eigenvalue weighted by Crippen LogP contribution is -2.15. The zero-order chi connectivity index (χ0) is 21.0. The van der Waals surface area contributed by atoms with E-state index in [1.165, 1.54) is 0 Å². The van der Waals surface area contributed by atoms with Crippen LogP contribution in [0.4, 0.5) is 0 Å². The van der Waals surface area contributed by atoms with Gasteiger partial charge in [-0.15, -0.1) is 0 Å². The molecular formula is C20H14ClI2NO5. The third-order valence-electron chi connectivity index (χ3n) is 3.69. The Morgan fingerprint density at radius 2 is 1.93 bits per heavy atom.